The number of esters is 1. The maximum atomic E-state index is 12.7. The Balaban J connectivity index is 3.91. The molecule has 356 valence electrons. The zero-order valence-electron chi connectivity index (χ0n) is 39.7. The van der Waals surface area contributed by atoms with E-state index in [2.05, 4.69) is 38.2 Å². The number of allylic oxidation sites excluding steroid dienone is 4. The second-order valence-corrected chi connectivity index (χ2v) is 18.8. The largest absolute Gasteiger partial charge is 0.472 e. The molecule has 0 rings (SSSR count). The van der Waals surface area contributed by atoms with Gasteiger partial charge in [-0.1, -0.05) is 231 Å². The second kappa shape index (κ2) is 49.0. The summed E-state index contributed by atoms with van der Waals surface area (Å²) in [5.41, 5.74) is 5.39. The summed E-state index contributed by atoms with van der Waals surface area (Å²) < 4.78 is 33.6. The molecule has 0 aliphatic carbocycles. The summed E-state index contributed by atoms with van der Waals surface area (Å²) >= 11 is 0. The smallest absolute Gasteiger partial charge is 0.457 e. The normalized spacial score (nSPS) is 13.5. The molecule has 0 saturated carbocycles. The van der Waals surface area contributed by atoms with E-state index in [0.29, 0.717) is 13.0 Å². The van der Waals surface area contributed by atoms with Gasteiger partial charge in [0.15, 0.2) is 0 Å². The predicted molar refractivity (Wildman–Crippen MR) is 257 cm³/mol. The topological polar surface area (TPSA) is 117 Å². The third-order valence-electron chi connectivity index (χ3n) is 11.4. The lowest BCUT2D eigenvalue weighted by Crippen LogP contribution is -2.28. The summed E-state index contributed by atoms with van der Waals surface area (Å²) in [6, 6.07) is 0. The molecule has 0 aromatic heterocycles. The molecule has 0 fully saturated rings. The maximum absolute atomic E-state index is 12.7. The second-order valence-electron chi connectivity index (χ2n) is 17.4. The van der Waals surface area contributed by atoms with Gasteiger partial charge in [-0.15, -0.1) is 0 Å². The average molecular weight is 870 g/mol. The minimum Gasteiger partial charge on any atom is -0.457 e. The number of unbranched alkanes of at least 4 members (excludes halogenated alkanes) is 33. The Labute approximate surface area is 372 Å². The Kier molecular flexibility index (Phi) is 48.2. The summed E-state index contributed by atoms with van der Waals surface area (Å²) in [5.74, 6) is -0.327. The Morgan fingerprint density at radius 3 is 1.30 bits per heavy atom. The summed E-state index contributed by atoms with van der Waals surface area (Å²) in [4.78, 5) is 22.6. The van der Waals surface area contributed by atoms with Crippen LogP contribution in [0.25, 0.3) is 0 Å². The first-order valence-electron chi connectivity index (χ1n) is 25.8. The fourth-order valence-corrected chi connectivity index (χ4v) is 8.32. The van der Waals surface area contributed by atoms with Crippen LogP contribution in [-0.4, -0.2) is 49.9 Å². The standard InChI is InChI=1S/C51H100NO7P/c1-3-5-7-9-11-13-15-17-19-21-23-24-25-26-27-28-30-32-34-36-38-40-42-44-51(53)59-50(49-58-60(54,55)57-47-45-52)48-56-46-43-41-39-37-35-33-31-29-22-20-18-16-14-12-10-8-6-4-2/h15,17,21,23,50H,3-14,16,18-20,22,24-49,52H2,1-2H3,(H,54,55)/b17-15-,23-21-. The van der Waals surface area contributed by atoms with Crippen LogP contribution in [0.2, 0.25) is 0 Å². The lowest BCUT2D eigenvalue weighted by Gasteiger charge is -2.20. The molecule has 2 atom stereocenters. The van der Waals surface area contributed by atoms with Crippen LogP contribution < -0.4 is 5.73 Å². The number of ether oxygens (including phenoxy) is 2. The number of hydrogen-bond donors (Lipinski definition) is 2. The first-order chi connectivity index (χ1) is 29.4. The van der Waals surface area contributed by atoms with Gasteiger partial charge in [0, 0.05) is 19.6 Å². The molecule has 8 nitrogen and oxygen atoms in total. The first-order valence-corrected chi connectivity index (χ1v) is 27.3. The molecule has 0 aromatic rings. The van der Waals surface area contributed by atoms with Crippen LogP contribution in [0.5, 0.6) is 0 Å². The van der Waals surface area contributed by atoms with Crippen molar-refractivity contribution >= 4 is 13.8 Å². The minimum atomic E-state index is -4.28. The highest BCUT2D eigenvalue weighted by atomic mass is 31.2. The van der Waals surface area contributed by atoms with Crippen LogP contribution in [0, 0.1) is 0 Å². The summed E-state index contributed by atoms with van der Waals surface area (Å²) in [6.07, 6.45) is 56.4. The van der Waals surface area contributed by atoms with Gasteiger partial charge in [-0.25, -0.2) is 4.57 Å². The maximum Gasteiger partial charge on any atom is 0.472 e. The van der Waals surface area contributed by atoms with Crippen LogP contribution in [0.3, 0.4) is 0 Å². The average Bonchev–Trinajstić information content (AvgIpc) is 3.24. The highest BCUT2D eigenvalue weighted by molar-refractivity contribution is 7.47. The summed E-state index contributed by atoms with van der Waals surface area (Å²) in [7, 11) is -4.28. The number of phosphoric ester groups is 1. The molecule has 3 N–H and O–H groups in total. The van der Waals surface area contributed by atoms with Crippen molar-refractivity contribution in [2.45, 2.75) is 264 Å². The van der Waals surface area contributed by atoms with E-state index in [4.69, 9.17) is 24.3 Å². The number of nitrogens with two attached hydrogens (primary N) is 1. The highest BCUT2D eigenvalue weighted by Gasteiger charge is 2.25. The zero-order chi connectivity index (χ0) is 43.7. The van der Waals surface area contributed by atoms with Gasteiger partial charge < -0.3 is 20.1 Å². The van der Waals surface area contributed by atoms with Crippen molar-refractivity contribution in [1.29, 1.82) is 0 Å². The fraction of sp³-hybridized carbons (Fsp3) is 0.902. The van der Waals surface area contributed by atoms with Gasteiger partial charge in [-0.05, 0) is 44.9 Å². The quantitative estimate of drug-likeness (QED) is 0.0269. The van der Waals surface area contributed by atoms with Gasteiger partial charge in [-0.2, -0.15) is 0 Å². The Morgan fingerprint density at radius 2 is 0.883 bits per heavy atom. The monoisotopic (exact) mass is 870 g/mol. The third-order valence-corrected chi connectivity index (χ3v) is 12.4. The van der Waals surface area contributed by atoms with Gasteiger partial charge in [-0.3, -0.25) is 13.8 Å². The molecule has 0 saturated heterocycles. The van der Waals surface area contributed by atoms with E-state index >= 15 is 0 Å². The first kappa shape index (κ1) is 59.0. The molecule has 0 radical (unpaired) electrons. The van der Waals surface area contributed by atoms with Crippen molar-refractivity contribution in [2.24, 2.45) is 5.73 Å². The van der Waals surface area contributed by atoms with E-state index in [-0.39, 0.29) is 32.3 Å². The van der Waals surface area contributed by atoms with Gasteiger partial charge in [0.05, 0.1) is 19.8 Å². The molecule has 2 unspecified atom stereocenters. The predicted octanol–water partition coefficient (Wildman–Crippen LogP) is 16.0. The van der Waals surface area contributed by atoms with Crippen molar-refractivity contribution in [2.75, 3.05) is 33.0 Å². The molecular formula is C51H100NO7P. The van der Waals surface area contributed by atoms with Crippen LogP contribution in [0.4, 0.5) is 0 Å². The zero-order valence-corrected chi connectivity index (χ0v) is 40.6. The number of phosphoric acid groups is 1. The van der Waals surface area contributed by atoms with Crippen molar-refractivity contribution in [3.63, 3.8) is 0 Å². The van der Waals surface area contributed by atoms with E-state index in [9.17, 15) is 14.3 Å². The lowest BCUT2D eigenvalue weighted by atomic mass is 10.0. The van der Waals surface area contributed by atoms with Crippen molar-refractivity contribution in [3.8, 4) is 0 Å². The van der Waals surface area contributed by atoms with Gasteiger partial charge in [0.2, 0.25) is 0 Å². The molecule has 9 heteroatoms. The van der Waals surface area contributed by atoms with Gasteiger partial charge in [0.25, 0.3) is 0 Å². The van der Waals surface area contributed by atoms with E-state index in [0.717, 1.165) is 38.5 Å². The summed E-state index contributed by atoms with van der Waals surface area (Å²) in [5, 5.41) is 0. The SMILES string of the molecule is CCCCCCC/C=C\C/C=C\CCCCCCCCCCCCCC(=O)OC(COCCCCCCCCCCCCCCCCCCCC)COP(=O)(O)OCCN. The number of carbonyl (C=O) groups is 1. The van der Waals surface area contributed by atoms with Crippen molar-refractivity contribution in [3.05, 3.63) is 24.3 Å². The Bertz CT molecular complexity index is 977. The van der Waals surface area contributed by atoms with Gasteiger partial charge in [0.1, 0.15) is 6.10 Å². The minimum absolute atomic E-state index is 0.0932. The molecule has 0 spiro atoms. The van der Waals surface area contributed by atoms with E-state index in [1.54, 1.807) is 0 Å². The molecule has 0 amide bonds. The molecular weight excluding hydrogens is 770 g/mol. The molecule has 0 heterocycles. The van der Waals surface area contributed by atoms with Crippen molar-refractivity contribution in [1.82, 2.24) is 0 Å². The fourth-order valence-electron chi connectivity index (χ4n) is 7.56. The molecule has 60 heavy (non-hydrogen) atoms. The van der Waals surface area contributed by atoms with Crippen LogP contribution in [0.15, 0.2) is 24.3 Å². The van der Waals surface area contributed by atoms with E-state index in [1.807, 2.05) is 0 Å². The van der Waals surface area contributed by atoms with Crippen LogP contribution in [0.1, 0.15) is 258 Å². The van der Waals surface area contributed by atoms with Crippen LogP contribution in [-0.2, 0) is 27.9 Å². The molecule has 0 aliphatic rings. The molecule has 0 aliphatic heterocycles. The van der Waals surface area contributed by atoms with Gasteiger partial charge >= 0.3 is 13.8 Å². The number of carbonyl (C=O) groups excluding carboxylic acids is 1. The van der Waals surface area contributed by atoms with E-state index in [1.165, 1.54) is 199 Å². The number of rotatable bonds is 50. The number of hydrogen-bond acceptors (Lipinski definition) is 7. The van der Waals surface area contributed by atoms with E-state index < -0.39 is 13.9 Å². The lowest BCUT2D eigenvalue weighted by molar-refractivity contribution is -0.154. The Morgan fingerprint density at radius 1 is 0.500 bits per heavy atom. The third kappa shape index (κ3) is 48.0. The highest BCUT2D eigenvalue weighted by Crippen LogP contribution is 2.43. The Hall–Kier alpha value is -1.02. The molecule has 0 aromatic carbocycles. The van der Waals surface area contributed by atoms with Crippen LogP contribution >= 0.6 is 7.82 Å². The molecule has 0 bridgehead atoms. The summed E-state index contributed by atoms with van der Waals surface area (Å²) in [6.45, 7) is 4.97. The van der Waals surface area contributed by atoms with Crippen molar-refractivity contribution < 1.29 is 32.8 Å².